The lowest BCUT2D eigenvalue weighted by Gasteiger charge is -2.21. The van der Waals surface area contributed by atoms with Crippen molar-refractivity contribution in [3.63, 3.8) is 0 Å². The Kier molecular flexibility index (Phi) is 5.98. The van der Waals surface area contributed by atoms with E-state index < -0.39 is 0 Å². The van der Waals surface area contributed by atoms with Crippen molar-refractivity contribution in [2.75, 3.05) is 6.61 Å². The highest BCUT2D eigenvalue weighted by molar-refractivity contribution is 5.26. The standard InChI is InChI=1S/C14H24N2O/c1-4-7-17-13-8-12(9-16-10-13)14(15)11(5-2)6-3/h8-11,14H,4-7,15H2,1-3H3. The van der Waals surface area contributed by atoms with E-state index >= 15 is 0 Å². The Bertz CT molecular complexity index is 324. The van der Waals surface area contributed by atoms with Gasteiger partial charge in [-0.1, -0.05) is 33.6 Å². The smallest absolute Gasteiger partial charge is 0.137 e. The fourth-order valence-corrected chi connectivity index (χ4v) is 1.99. The third-order valence-corrected chi connectivity index (χ3v) is 3.15. The largest absolute Gasteiger partial charge is 0.492 e. The summed E-state index contributed by atoms with van der Waals surface area (Å²) in [6.45, 7) is 7.18. The van der Waals surface area contributed by atoms with E-state index in [2.05, 4.69) is 25.8 Å². The van der Waals surface area contributed by atoms with Crippen molar-refractivity contribution in [2.45, 2.75) is 46.1 Å². The first-order chi connectivity index (χ1) is 8.22. The minimum atomic E-state index is 0.0580. The van der Waals surface area contributed by atoms with Crippen molar-refractivity contribution in [2.24, 2.45) is 11.7 Å². The summed E-state index contributed by atoms with van der Waals surface area (Å²) in [6, 6.07) is 2.08. The first-order valence-corrected chi connectivity index (χ1v) is 6.56. The molecular weight excluding hydrogens is 212 g/mol. The van der Waals surface area contributed by atoms with Crippen LogP contribution in [0.2, 0.25) is 0 Å². The van der Waals surface area contributed by atoms with Crippen LogP contribution in [0.25, 0.3) is 0 Å². The summed E-state index contributed by atoms with van der Waals surface area (Å²) in [5.74, 6) is 1.34. The molecule has 17 heavy (non-hydrogen) atoms. The second kappa shape index (κ2) is 7.28. The molecule has 1 atom stereocenters. The van der Waals surface area contributed by atoms with Gasteiger partial charge in [0.25, 0.3) is 0 Å². The quantitative estimate of drug-likeness (QED) is 0.790. The van der Waals surface area contributed by atoms with Crippen molar-refractivity contribution in [1.82, 2.24) is 4.98 Å². The van der Waals surface area contributed by atoms with E-state index in [1.807, 2.05) is 12.3 Å². The van der Waals surface area contributed by atoms with Gasteiger partial charge in [0, 0.05) is 12.2 Å². The van der Waals surface area contributed by atoms with Crippen molar-refractivity contribution in [3.05, 3.63) is 24.0 Å². The van der Waals surface area contributed by atoms with E-state index in [9.17, 15) is 0 Å². The zero-order valence-electron chi connectivity index (χ0n) is 11.1. The van der Waals surface area contributed by atoms with Crippen LogP contribution < -0.4 is 10.5 Å². The second-order valence-electron chi connectivity index (χ2n) is 4.40. The van der Waals surface area contributed by atoms with Crippen LogP contribution in [0.5, 0.6) is 5.75 Å². The molecule has 0 aromatic carbocycles. The topological polar surface area (TPSA) is 48.1 Å². The molecule has 0 aliphatic rings. The maximum absolute atomic E-state index is 6.26. The van der Waals surface area contributed by atoms with Crippen LogP contribution in [0.4, 0.5) is 0 Å². The van der Waals surface area contributed by atoms with Gasteiger partial charge in [-0.2, -0.15) is 0 Å². The Labute approximate surface area is 104 Å². The summed E-state index contributed by atoms with van der Waals surface area (Å²) < 4.78 is 5.57. The third-order valence-electron chi connectivity index (χ3n) is 3.15. The lowest BCUT2D eigenvalue weighted by atomic mass is 9.90. The van der Waals surface area contributed by atoms with Gasteiger partial charge in [-0.15, -0.1) is 0 Å². The minimum Gasteiger partial charge on any atom is -0.492 e. The van der Waals surface area contributed by atoms with Crippen molar-refractivity contribution >= 4 is 0 Å². The Morgan fingerprint density at radius 1 is 1.24 bits per heavy atom. The Morgan fingerprint density at radius 2 is 1.94 bits per heavy atom. The van der Waals surface area contributed by atoms with Gasteiger partial charge in [0.1, 0.15) is 5.75 Å². The number of aromatic nitrogens is 1. The number of nitrogens with two attached hydrogens (primary N) is 1. The minimum absolute atomic E-state index is 0.0580. The molecule has 1 unspecified atom stereocenters. The Morgan fingerprint density at radius 3 is 2.53 bits per heavy atom. The molecule has 0 saturated heterocycles. The Hall–Kier alpha value is -1.09. The molecule has 1 aromatic heterocycles. The number of hydrogen-bond donors (Lipinski definition) is 1. The molecule has 2 N–H and O–H groups in total. The van der Waals surface area contributed by atoms with Gasteiger partial charge in [0.2, 0.25) is 0 Å². The first-order valence-electron chi connectivity index (χ1n) is 6.56. The van der Waals surface area contributed by atoms with Gasteiger partial charge in [0.05, 0.1) is 12.8 Å². The molecule has 3 nitrogen and oxygen atoms in total. The maximum Gasteiger partial charge on any atom is 0.137 e. The van der Waals surface area contributed by atoms with Crippen molar-refractivity contribution in [1.29, 1.82) is 0 Å². The molecule has 1 rings (SSSR count). The number of rotatable bonds is 7. The predicted molar refractivity (Wildman–Crippen MR) is 71.0 cm³/mol. The SMILES string of the molecule is CCCOc1cncc(C(N)C(CC)CC)c1. The van der Waals surface area contributed by atoms with Crippen molar-refractivity contribution < 1.29 is 4.74 Å². The van der Waals surface area contributed by atoms with Crippen LogP contribution in [0, 0.1) is 5.92 Å². The van der Waals surface area contributed by atoms with Crippen molar-refractivity contribution in [3.8, 4) is 5.75 Å². The number of pyridine rings is 1. The third kappa shape index (κ3) is 4.00. The molecule has 3 heteroatoms. The van der Waals surface area contributed by atoms with E-state index in [0.717, 1.165) is 37.2 Å². The summed E-state index contributed by atoms with van der Waals surface area (Å²) >= 11 is 0. The molecule has 0 bridgehead atoms. The fourth-order valence-electron chi connectivity index (χ4n) is 1.99. The molecule has 0 aliphatic heterocycles. The fraction of sp³-hybridized carbons (Fsp3) is 0.643. The van der Waals surface area contributed by atoms with Gasteiger partial charge in [-0.3, -0.25) is 4.98 Å². The number of hydrogen-bond acceptors (Lipinski definition) is 3. The van der Waals surface area contributed by atoms with E-state index in [4.69, 9.17) is 10.5 Å². The molecular formula is C14H24N2O. The normalized spacial score (nSPS) is 12.8. The molecule has 96 valence electrons. The molecule has 0 radical (unpaired) electrons. The zero-order valence-corrected chi connectivity index (χ0v) is 11.1. The predicted octanol–water partition coefficient (Wildman–Crippen LogP) is 3.31. The summed E-state index contributed by atoms with van der Waals surface area (Å²) in [7, 11) is 0. The molecule has 0 saturated carbocycles. The van der Waals surface area contributed by atoms with Gasteiger partial charge in [-0.25, -0.2) is 0 Å². The van der Waals surface area contributed by atoms with Crippen LogP contribution in [0.1, 0.15) is 51.6 Å². The van der Waals surface area contributed by atoms with Crippen LogP contribution in [0.3, 0.4) is 0 Å². The van der Waals surface area contributed by atoms with E-state index in [-0.39, 0.29) is 6.04 Å². The van der Waals surface area contributed by atoms with Crippen LogP contribution in [-0.4, -0.2) is 11.6 Å². The van der Waals surface area contributed by atoms with Gasteiger partial charge < -0.3 is 10.5 Å². The number of ether oxygens (including phenoxy) is 1. The summed E-state index contributed by atoms with van der Waals surface area (Å²) in [5, 5.41) is 0. The highest BCUT2D eigenvalue weighted by Gasteiger charge is 2.16. The van der Waals surface area contributed by atoms with E-state index in [1.165, 1.54) is 0 Å². The van der Waals surface area contributed by atoms with Gasteiger partial charge in [-0.05, 0) is 24.0 Å². The molecule has 0 spiro atoms. The summed E-state index contributed by atoms with van der Waals surface area (Å²) in [4.78, 5) is 4.20. The van der Waals surface area contributed by atoms with E-state index in [0.29, 0.717) is 5.92 Å². The zero-order chi connectivity index (χ0) is 12.7. The van der Waals surface area contributed by atoms with Gasteiger partial charge >= 0.3 is 0 Å². The monoisotopic (exact) mass is 236 g/mol. The van der Waals surface area contributed by atoms with Gasteiger partial charge in [0.15, 0.2) is 0 Å². The lowest BCUT2D eigenvalue weighted by Crippen LogP contribution is -2.20. The Balaban J connectivity index is 2.75. The van der Waals surface area contributed by atoms with Crippen LogP contribution >= 0.6 is 0 Å². The van der Waals surface area contributed by atoms with Crippen LogP contribution in [0.15, 0.2) is 18.5 Å². The van der Waals surface area contributed by atoms with E-state index in [1.54, 1.807) is 6.20 Å². The highest BCUT2D eigenvalue weighted by Crippen LogP contribution is 2.26. The lowest BCUT2D eigenvalue weighted by molar-refractivity contribution is 0.314. The number of nitrogens with zero attached hydrogens (tertiary/aromatic N) is 1. The molecule has 0 aliphatic carbocycles. The first kappa shape index (κ1) is 14.0. The summed E-state index contributed by atoms with van der Waals surface area (Å²) in [6.07, 6.45) is 6.79. The molecule has 0 fully saturated rings. The second-order valence-corrected chi connectivity index (χ2v) is 4.40. The average Bonchev–Trinajstić information content (AvgIpc) is 2.38. The summed E-state index contributed by atoms with van der Waals surface area (Å²) in [5.41, 5.74) is 7.34. The molecule has 0 amide bonds. The molecule has 1 heterocycles. The maximum atomic E-state index is 6.26. The average molecular weight is 236 g/mol. The highest BCUT2D eigenvalue weighted by atomic mass is 16.5. The molecule has 1 aromatic rings. The van der Waals surface area contributed by atoms with Crippen LogP contribution in [-0.2, 0) is 0 Å².